The van der Waals surface area contributed by atoms with Crippen molar-refractivity contribution in [2.24, 2.45) is 12.8 Å². The Morgan fingerprint density at radius 2 is 1.84 bits per heavy atom. The summed E-state index contributed by atoms with van der Waals surface area (Å²) >= 11 is 1.57. The topological polar surface area (TPSA) is 69.6 Å². The minimum atomic E-state index is -0.0112. The first kappa shape index (κ1) is 14.0. The van der Waals surface area contributed by atoms with E-state index in [0.29, 0.717) is 5.92 Å². The highest BCUT2D eigenvalue weighted by Crippen LogP contribution is 2.22. The van der Waals surface area contributed by atoms with E-state index in [1.54, 1.807) is 16.4 Å². The van der Waals surface area contributed by atoms with Gasteiger partial charge in [0.25, 0.3) is 0 Å². The molecule has 0 bridgehead atoms. The van der Waals surface area contributed by atoms with Crippen molar-refractivity contribution in [2.45, 2.75) is 31.0 Å². The van der Waals surface area contributed by atoms with Crippen LogP contribution in [0.3, 0.4) is 0 Å². The number of benzene rings is 1. The number of hydrogen-bond acceptors (Lipinski definition) is 5. The van der Waals surface area contributed by atoms with Crippen molar-refractivity contribution in [3.63, 3.8) is 0 Å². The summed E-state index contributed by atoms with van der Waals surface area (Å²) < 4.78 is 1.65. The fourth-order valence-corrected chi connectivity index (χ4v) is 2.57. The third kappa shape index (κ3) is 3.54. The van der Waals surface area contributed by atoms with Crippen molar-refractivity contribution in [2.75, 3.05) is 5.75 Å². The number of aryl methyl sites for hydroxylation is 1. The van der Waals surface area contributed by atoms with Gasteiger partial charge in [-0.3, -0.25) is 0 Å². The number of thioether (sulfide) groups is 1. The molecule has 0 radical (unpaired) electrons. The van der Waals surface area contributed by atoms with Gasteiger partial charge in [-0.2, -0.15) is 0 Å². The lowest BCUT2D eigenvalue weighted by Crippen LogP contribution is -2.13. The molecule has 1 atom stereocenters. The summed E-state index contributed by atoms with van der Waals surface area (Å²) in [7, 11) is 1.82. The Morgan fingerprint density at radius 3 is 2.37 bits per heavy atom. The highest BCUT2D eigenvalue weighted by atomic mass is 32.2. The van der Waals surface area contributed by atoms with Crippen LogP contribution in [0.5, 0.6) is 0 Å². The zero-order valence-electron chi connectivity index (χ0n) is 11.4. The first-order chi connectivity index (χ1) is 9.08. The van der Waals surface area contributed by atoms with Gasteiger partial charge in [-0.1, -0.05) is 49.9 Å². The molecule has 1 unspecified atom stereocenters. The Hall–Kier alpha value is -1.40. The predicted molar refractivity (Wildman–Crippen MR) is 77.0 cm³/mol. The van der Waals surface area contributed by atoms with E-state index in [1.165, 1.54) is 5.56 Å². The molecule has 0 aliphatic rings. The van der Waals surface area contributed by atoms with Crippen molar-refractivity contribution >= 4 is 11.8 Å². The Morgan fingerprint density at radius 1 is 1.21 bits per heavy atom. The second kappa shape index (κ2) is 6.16. The lowest BCUT2D eigenvalue weighted by molar-refractivity contribution is 0.663. The second-order valence-electron chi connectivity index (χ2n) is 4.82. The highest BCUT2D eigenvalue weighted by molar-refractivity contribution is 7.99. The van der Waals surface area contributed by atoms with E-state index < -0.39 is 0 Å². The largest absolute Gasteiger partial charge is 0.323 e. The predicted octanol–water partition coefficient (Wildman–Crippen LogP) is 2.13. The summed E-state index contributed by atoms with van der Waals surface area (Å²) in [5.74, 6) is 1.30. The molecule has 1 aromatic heterocycles. The lowest BCUT2D eigenvalue weighted by Gasteiger charge is -2.12. The molecule has 6 heteroatoms. The number of rotatable bonds is 5. The van der Waals surface area contributed by atoms with Gasteiger partial charge in [0, 0.05) is 18.8 Å². The summed E-state index contributed by atoms with van der Waals surface area (Å²) in [6.45, 7) is 4.37. The van der Waals surface area contributed by atoms with Crippen LogP contribution in [0, 0.1) is 0 Å². The van der Waals surface area contributed by atoms with Crippen LogP contribution in [0.25, 0.3) is 0 Å². The molecule has 0 fully saturated rings. The van der Waals surface area contributed by atoms with Gasteiger partial charge in [-0.15, -0.1) is 5.10 Å². The Kier molecular flexibility index (Phi) is 4.55. The molecular weight excluding hydrogens is 258 g/mol. The summed E-state index contributed by atoms with van der Waals surface area (Å²) in [5.41, 5.74) is 8.67. The van der Waals surface area contributed by atoms with Crippen LogP contribution in [0.1, 0.15) is 36.9 Å². The van der Waals surface area contributed by atoms with Crippen molar-refractivity contribution in [1.82, 2.24) is 20.2 Å². The van der Waals surface area contributed by atoms with Crippen LogP contribution in [0.2, 0.25) is 0 Å². The van der Waals surface area contributed by atoms with Crippen LogP contribution in [0.4, 0.5) is 0 Å². The zero-order chi connectivity index (χ0) is 13.8. The standard InChI is InChI=1S/C13H19N5S/c1-9(2)10-4-6-11(7-5-10)12(14)8-19-13-15-16-17-18(13)3/h4-7,9,12H,8,14H2,1-3H3. The third-order valence-corrected chi connectivity index (χ3v) is 4.13. The first-order valence-corrected chi connectivity index (χ1v) is 7.27. The maximum Gasteiger partial charge on any atom is 0.209 e. The lowest BCUT2D eigenvalue weighted by atomic mass is 10.00. The molecule has 2 rings (SSSR count). The fraction of sp³-hybridized carbons (Fsp3) is 0.462. The number of tetrazole rings is 1. The molecular formula is C13H19N5S. The number of nitrogens with zero attached hydrogens (tertiary/aromatic N) is 4. The zero-order valence-corrected chi connectivity index (χ0v) is 12.3. The molecule has 1 aromatic carbocycles. The monoisotopic (exact) mass is 277 g/mol. The molecule has 0 saturated carbocycles. The molecule has 0 spiro atoms. The van der Waals surface area contributed by atoms with E-state index in [9.17, 15) is 0 Å². The van der Waals surface area contributed by atoms with Crippen molar-refractivity contribution in [3.8, 4) is 0 Å². The summed E-state index contributed by atoms with van der Waals surface area (Å²) in [6, 6.07) is 8.50. The average molecular weight is 277 g/mol. The smallest absolute Gasteiger partial charge is 0.209 e. The molecule has 102 valence electrons. The van der Waals surface area contributed by atoms with E-state index >= 15 is 0 Å². The molecule has 0 amide bonds. The quantitative estimate of drug-likeness (QED) is 0.848. The fourth-order valence-electron chi connectivity index (χ4n) is 1.73. The minimum Gasteiger partial charge on any atom is -0.323 e. The van der Waals surface area contributed by atoms with Crippen molar-refractivity contribution in [1.29, 1.82) is 0 Å². The molecule has 0 aliphatic carbocycles. The Bertz CT molecular complexity index is 520. The summed E-state index contributed by atoms with van der Waals surface area (Å²) in [5, 5.41) is 12.1. The van der Waals surface area contributed by atoms with Gasteiger partial charge < -0.3 is 5.73 Å². The maximum atomic E-state index is 6.19. The van der Waals surface area contributed by atoms with E-state index in [2.05, 4.69) is 53.6 Å². The molecule has 2 N–H and O–H groups in total. The molecule has 1 heterocycles. The number of nitrogens with two attached hydrogens (primary N) is 1. The van der Waals surface area contributed by atoms with Gasteiger partial charge in [-0.25, -0.2) is 4.68 Å². The van der Waals surface area contributed by atoms with Crippen LogP contribution in [-0.4, -0.2) is 26.0 Å². The molecule has 19 heavy (non-hydrogen) atoms. The highest BCUT2D eigenvalue weighted by Gasteiger charge is 2.10. The SMILES string of the molecule is CC(C)c1ccc(C(N)CSc2nnnn2C)cc1. The molecule has 2 aromatic rings. The number of hydrogen-bond donors (Lipinski definition) is 1. The van der Waals surface area contributed by atoms with Gasteiger partial charge in [0.1, 0.15) is 0 Å². The van der Waals surface area contributed by atoms with Crippen LogP contribution >= 0.6 is 11.8 Å². The van der Waals surface area contributed by atoms with Crippen LogP contribution < -0.4 is 5.73 Å². The van der Waals surface area contributed by atoms with E-state index in [1.807, 2.05) is 7.05 Å². The van der Waals surface area contributed by atoms with Crippen LogP contribution in [-0.2, 0) is 7.05 Å². The third-order valence-electron chi connectivity index (χ3n) is 3.00. The second-order valence-corrected chi connectivity index (χ2v) is 5.81. The normalized spacial score (nSPS) is 12.9. The molecule has 5 nitrogen and oxygen atoms in total. The Labute approximate surface area is 117 Å². The van der Waals surface area contributed by atoms with Gasteiger partial charge in [0.2, 0.25) is 5.16 Å². The van der Waals surface area contributed by atoms with E-state index in [0.717, 1.165) is 16.5 Å². The summed E-state index contributed by atoms with van der Waals surface area (Å²) in [4.78, 5) is 0. The maximum absolute atomic E-state index is 6.19. The molecule has 0 aliphatic heterocycles. The van der Waals surface area contributed by atoms with Crippen molar-refractivity contribution < 1.29 is 0 Å². The van der Waals surface area contributed by atoms with E-state index in [4.69, 9.17) is 5.73 Å². The van der Waals surface area contributed by atoms with E-state index in [-0.39, 0.29) is 6.04 Å². The van der Waals surface area contributed by atoms with Crippen LogP contribution in [0.15, 0.2) is 29.4 Å². The van der Waals surface area contributed by atoms with Gasteiger partial charge in [-0.05, 0) is 27.5 Å². The average Bonchev–Trinajstić information content (AvgIpc) is 2.81. The van der Waals surface area contributed by atoms with Gasteiger partial charge in [0.05, 0.1) is 0 Å². The summed E-state index contributed by atoms with van der Waals surface area (Å²) in [6.07, 6.45) is 0. The number of aromatic nitrogens is 4. The van der Waals surface area contributed by atoms with Gasteiger partial charge in [0.15, 0.2) is 0 Å². The Balaban J connectivity index is 1.96. The molecule has 0 saturated heterocycles. The van der Waals surface area contributed by atoms with Crippen molar-refractivity contribution in [3.05, 3.63) is 35.4 Å². The van der Waals surface area contributed by atoms with Gasteiger partial charge >= 0.3 is 0 Å². The minimum absolute atomic E-state index is 0.0112. The first-order valence-electron chi connectivity index (χ1n) is 6.28.